The normalized spacial score (nSPS) is 10.4. The van der Waals surface area contributed by atoms with Crippen LogP contribution in [0.15, 0.2) is 60.7 Å². The second-order valence-corrected chi connectivity index (χ2v) is 6.67. The molecule has 0 aliphatic heterocycles. The molecule has 0 bridgehead atoms. The van der Waals surface area contributed by atoms with E-state index in [1.54, 1.807) is 4.90 Å². The molecule has 144 valence electrons. The maximum Gasteiger partial charge on any atom is 0.325 e. The fourth-order valence-corrected chi connectivity index (χ4v) is 3.04. The molecule has 27 heavy (non-hydrogen) atoms. The highest BCUT2D eigenvalue weighted by molar-refractivity contribution is 5.82. The van der Waals surface area contributed by atoms with Gasteiger partial charge in [-0.1, -0.05) is 60.7 Å². The summed E-state index contributed by atoms with van der Waals surface area (Å²) in [6, 6.07) is 20.5. The highest BCUT2D eigenvalue weighted by Gasteiger charge is 2.17. The summed E-state index contributed by atoms with van der Waals surface area (Å²) in [4.78, 5) is 25.9. The average molecular weight is 367 g/mol. The van der Waals surface area contributed by atoms with Gasteiger partial charge in [-0.15, -0.1) is 0 Å². The number of esters is 1. The third-order valence-corrected chi connectivity index (χ3v) is 4.59. The summed E-state index contributed by atoms with van der Waals surface area (Å²) in [6.07, 6.45) is 4.95. The van der Waals surface area contributed by atoms with Crippen molar-refractivity contribution in [2.75, 3.05) is 20.2 Å². The molecule has 4 nitrogen and oxygen atoms in total. The Kier molecular flexibility index (Phi) is 9.11. The second-order valence-electron chi connectivity index (χ2n) is 6.67. The van der Waals surface area contributed by atoms with Gasteiger partial charge in [-0.2, -0.15) is 0 Å². The van der Waals surface area contributed by atoms with Crippen molar-refractivity contribution in [3.8, 4) is 0 Å². The lowest BCUT2D eigenvalue weighted by molar-refractivity contribution is -0.147. The Bertz CT molecular complexity index is 685. The zero-order chi connectivity index (χ0) is 19.3. The molecule has 2 aromatic rings. The molecule has 0 aliphatic rings. The SMILES string of the molecule is COC(=O)CN(CCCc1ccccc1)C(=O)CCCCc1ccccc1. The number of benzene rings is 2. The number of carbonyl (C=O) groups is 2. The van der Waals surface area contributed by atoms with Crippen LogP contribution in [0.2, 0.25) is 0 Å². The highest BCUT2D eigenvalue weighted by Crippen LogP contribution is 2.09. The number of amides is 1. The first-order valence-electron chi connectivity index (χ1n) is 9.61. The summed E-state index contributed by atoms with van der Waals surface area (Å²) in [5.74, 6) is -0.339. The monoisotopic (exact) mass is 367 g/mol. The van der Waals surface area contributed by atoms with Crippen molar-refractivity contribution in [2.24, 2.45) is 0 Å². The van der Waals surface area contributed by atoms with E-state index < -0.39 is 0 Å². The van der Waals surface area contributed by atoms with Gasteiger partial charge in [-0.25, -0.2) is 0 Å². The number of ether oxygens (including phenoxy) is 1. The standard InChI is InChI=1S/C23H29NO3/c1-27-23(26)19-24(18-10-16-21-13-6-3-7-14-21)22(25)17-9-8-15-20-11-4-2-5-12-20/h2-7,11-14H,8-10,15-19H2,1H3. The molecular weight excluding hydrogens is 338 g/mol. The number of rotatable bonds is 11. The molecule has 0 heterocycles. The molecule has 0 atom stereocenters. The van der Waals surface area contributed by atoms with Crippen molar-refractivity contribution in [1.82, 2.24) is 4.90 Å². The van der Waals surface area contributed by atoms with Crippen LogP contribution in [-0.4, -0.2) is 37.0 Å². The number of unbranched alkanes of at least 4 members (excludes halogenated alkanes) is 1. The first-order valence-corrected chi connectivity index (χ1v) is 9.61. The lowest BCUT2D eigenvalue weighted by Gasteiger charge is -2.21. The Balaban J connectivity index is 1.76. The van der Waals surface area contributed by atoms with Gasteiger partial charge in [-0.05, 0) is 43.2 Å². The van der Waals surface area contributed by atoms with Crippen molar-refractivity contribution < 1.29 is 14.3 Å². The van der Waals surface area contributed by atoms with Crippen LogP contribution >= 0.6 is 0 Å². The summed E-state index contributed by atoms with van der Waals surface area (Å²) in [5.41, 5.74) is 2.53. The van der Waals surface area contributed by atoms with Crippen molar-refractivity contribution in [3.63, 3.8) is 0 Å². The molecule has 0 N–H and O–H groups in total. The van der Waals surface area contributed by atoms with E-state index in [4.69, 9.17) is 4.74 Å². The van der Waals surface area contributed by atoms with Gasteiger partial charge in [0.25, 0.3) is 0 Å². The summed E-state index contributed by atoms with van der Waals surface area (Å²) < 4.78 is 4.75. The lowest BCUT2D eigenvalue weighted by Crippen LogP contribution is -2.37. The Morgan fingerprint density at radius 3 is 1.93 bits per heavy atom. The largest absolute Gasteiger partial charge is 0.468 e. The second kappa shape index (κ2) is 11.9. The predicted octanol–water partition coefficient (Wildman–Crippen LogP) is 4.03. The van der Waals surface area contributed by atoms with E-state index in [0.29, 0.717) is 13.0 Å². The number of carbonyl (C=O) groups excluding carboxylic acids is 2. The molecule has 4 heteroatoms. The van der Waals surface area contributed by atoms with Crippen LogP contribution in [0, 0.1) is 0 Å². The molecule has 2 aromatic carbocycles. The van der Waals surface area contributed by atoms with E-state index in [1.165, 1.54) is 18.2 Å². The Labute approximate surface area is 162 Å². The van der Waals surface area contributed by atoms with E-state index in [-0.39, 0.29) is 18.4 Å². The molecule has 0 radical (unpaired) electrons. The van der Waals surface area contributed by atoms with E-state index in [0.717, 1.165) is 32.1 Å². The topological polar surface area (TPSA) is 46.6 Å². The summed E-state index contributed by atoms with van der Waals surface area (Å²) >= 11 is 0. The van der Waals surface area contributed by atoms with E-state index in [9.17, 15) is 9.59 Å². The molecule has 0 saturated heterocycles. The van der Waals surface area contributed by atoms with Gasteiger partial charge >= 0.3 is 5.97 Å². The lowest BCUT2D eigenvalue weighted by atomic mass is 10.1. The van der Waals surface area contributed by atoms with Crippen LogP contribution in [0.4, 0.5) is 0 Å². The van der Waals surface area contributed by atoms with Gasteiger partial charge in [0, 0.05) is 13.0 Å². The Morgan fingerprint density at radius 1 is 0.815 bits per heavy atom. The van der Waals surface area contributed by atoms with Gasteiger partial charge < -0.3 is 9.64 Å². The number of hydrogen-bond donors (Lipinski definition) is 0. The zero-order valence-electron chi connectivity index (χ0n) is 16.1. The molecule has 0 unspecified atom stereocenters. The number of aryl methyl sites for hydroxylation is 2. The molecule has 0 fully saturated rings. The third kappa shape index (κ3) is 8.07. The first kappa shape index (κ1) is 20.7. The van der Waals surface area contributed by atoms with Gasteiger partial charge in [0.05, 0.1) is 7.11 Å². The summed E-state index contributed by atoms with van der Waals surface area (Å²) in [6.45, 7) is 0.602. The molecular formula is C23H29NO3. The van der Waals surface area contributed by atoms with E-state index in [1.807, 2.05) is 36.4 Å². The van der Waals surface area contributed by atoms with Crippen LogP contribution in [0.1, 0.15) is 36.8 Å². The maximum absolute atomic E-state index is 12.6. The van der Waals surface area contributed by atoms with Gasteiger partial charge in [0.1, 0.15) is 6.54 Å². The minimum absolute atomic E-state index is 0.0292. The van der Waals surface area contributed by atoms with Crippen LogP contribution in [0.5, 0.6) is 0 Å². The quantitative estimate of drug-likeness (QED) is 0.445. The Morgan fingerprint density at radius 2 is 1.37 bits per heavy atom. The predicted molar refractivity (Wildman–Crippen MR) is 107 cm³/mol. The minimum atomic E-state index is -0.368. The number of nitrogens with zero attached hydrogens (tertiary/aromatic N) is 1. The summed E-state index contributed by atoms with van der Waals surface area (Å²) in [5, 5.41) is 0. The van der Waals surface area contributed by atoms with Gasteiger partial charge in [0.15, 0.2) is 0 Å². The van der Waals surface area contributed by atoms with E-state index >= 15 is 0 Å². The first-order chi connectivity index (χ1) is 13.2. The molecule has 1 amide bonds. The van der Waals surface area contributed by atoms with Crippen LogP contribution in [0.3, 0.4) is 0 Å². The van der Waals surface area contributed by atoms with E-state index in [2.05, 4.69) is 24.3 Å². The third-order valence-electron chi connectivity index (χ3n) is 4.59. The minimum Gasteiger partial charge on any atom is -0.468 e. The molecule has 2 rings (SSSR count). The maximum atomic E-state index is 12.6. The smallest absolute Gasteiger partial charge is 0.325 e. The highest BCUT2D eigenvalue weighted by atomic mass is 16.5. The van der Waals surface area contributed by atoms with Crippen molar-refractivity contribution in [2.45, 2.75) is 38.5 Å². The molecule has 0 spiro atoms. The van der Waals surface area contributed by atoms with Crippen LogP contribution < -0.4 is 0 Å². The summed E-state index contributed by atoms with van der Waals surface area (Å²) in [7, 11) is 1.36. The van der Waals surface area contributed by atoms with Gasteiger partial charge in [0.2, 0.25) is 5.91 Å². The zero-order valence-corrected chi connectivity index (χ0v) is 16.1. The van der Waals surface area contributed by atoms with Crippen molar-refractivity contribution in [3.05, 3.63) is 71.8 Å². The molecule has 0 aromatic heterocycles. The Hall–Kier alpha value is -2.62. The van der Waals surface area contributed by atoms with Gasteiger partial charge in [-0.3, -0.25) is 9.59 Å². The average Bonchev–Trinajstić information content (AvgIpc) is 2.71. The fourth-order valence-electron chi connectivity index (χ4n) is 3.04. The fraction of sp³-hybridized carbons (Fsp3) is 0.391. The van der Waals surface area contributed by atoms with Crippen molar-refractivity contribution >= 4 is 11.9 Å². The van der Waals surface area contributed by atoms with Crippen LogP contribution in [0.25, 0.3) is 0 Å². The van der Waals surface area contributed by atoms with Crippen molar-refractivity contribution in [1.29, 1.82) is 0 Å². The number of hydrogen-bond acceptors (Lipinski definition) is 3. The van der Waals surface area contributed by atoms with Crippen LogP contribution in [-0.2, 0) is 27.2 Å². The molecule has 0 aliphatic carbocycles. The molecule has 0 saturated carbocycles. The number of methoxy groups -OCH3 is 1.